The third kappa shape index (κ3) is 1.81. The maximum Gasteiger partial charge on any atom is 0.185 e. The first-order valence-corrected chi connectivity index (χ1v) is 5.89. The highest BCUT2D eigenvalue weighted by atomic mass is 35.5. The molecule has 0 unspecified atom stereocenters. The zero-order chi connectivity index (χ0) is 12.5. The first-order chi connectivity index (χ1) is 8.78. The number of benzene rings is 2. The molecule has 3 aromatic rings. The number of fused-ring (bicyclic) bond motifs is 1. The monoisotopic (exact) mass is 256 g/mol. The van der Waals surface area contributed by atoms with Gasteiger partial charge in [0.25, 0.3) is 0 Å². The second-order valence-electron chi connectivity index (χ2n) is 4.01. The van der Waals surface area contributed by atoms with Crippen molar-refractivity contribution >= 4 is 28.9 Å². The van der Waals surface area contributed by atoms with Gasteiger partial charge in [-0.05, 0) is 29.3 Å². The van der Waals surface area contributed by atoms with Gasteiger partial charge in [-0.2, -0.15) is 0 Å². The van der Waals surface area contributed by atoms with Crippen LogP contribution in [0.25, 0.3) is 22.1 Å². The van der Waals surface area contributed by atoms with Gasteiger partial charge < -0.3 is 4.42 Å². The van der Waals surface area contributed by atoms with Crippen LogP contribution in [-0.2, 0) is 0 Å². The Morgan fingerprint density at radius 2 is 1.78 bits per heavy atom. The predicted molar refractivity (Wildman–Crippen MR) is 72.0 cm³/mol. The van der Waals surface area contributed by atoms with Gasteiger partial charge >= 0.3 is 0 Å². The Morgan fingerprint density at radius 3 is 2.50 bits per heavy atom. The van der Waals surface area contributed by atoms with E-state index in [1.165, 1.54) is 0 Å². The Balaban J connectivity index is 2.24. The average molecular weight is 257 g/mol. The lowest BCUT2D eigenvalue weighted by Crippen LogP contribution is -1.77. The number of aldehydes is 1. The first kappa shape index (κ1) is 11.1. The minimum Gasteiger partial charge on any atom is -0.452 e. The quantitative estimate of drug-likeness (QED) is 0.629. The van der Waals surface area contributed by atoms with Crippen LogP contribution in [0.5, 0.6) is 0 Å². The fourth-order valence-electron chi connectivity index (χ4n) is 1.99. The Morgan fingerprint density at radius 1 is 1.00 bits per heavy atom. The molecule has 0 amide bonds. The third-order valence-electron chi connectivity index (χ3n) is 2.81. The molecular weight excluding hydrogens is 248 g/mol. The highest BCUT2D eigenvalue weighted by Gasteiger charge is 2.09. The van der Waals surface area contributed by atoms with E-state index in [1.54, 1.807) is 6.07 Å². The lowest BCUT2D eigenvalue weighted by molar-refractivity contribution is 0.110. The van der Waals surface area contributed by atoms with Gasteiger partial charge in [0.2, 0.25) is 0 Å². The van der Waals surface area contributed by atoms with E-state index in [-0.39, 0.29) is 5.76 Å². The van der Waals surface area contributed by atoms with Crippen molar-refractivity contribution in [1.82, 2.24) is 0 Å². The molecule has 0 aliphatic rings. The molecule has 0 N–H and O–H groups in total. The van der Waals surface area contributed by atoms with Crippen LogP contribution >= 0.6 is 11.6 Å². The van der Waals surface area contributed by atoms with Crippen molar-refractivity contribution in [3.8, 4) is 11.1 Å². The van der Waals surface area contributed by atoms with Gasteiger partial charge in [-0.25, -0.2) is 0 Å². The second kappa shape index (κ2) is 4.31. The van der Waals surface area contributed by atoms with Gasteiger partial charge in [-0.3, -0.25) is 4.79 Å². The second-order valence-corrected chi connectivity index (χ2v) is 4.42. The Labute approximate surface area is 109 Å². The number of carbonyl (C=O) groups excluding carboxylic acids is 1. The van der Waals surface area contributed by atoms with Crippen molar-refractivity contribution < 1.29 is 9.21 Å². The molecule has 3 rings (SSSR count). The van der Waals surface area contributed by atoms with Crippen LogP contribution in [0.3, 0.4) is 0 Å². The van der Waals surface area contributed by atoms with Crippen LogP contribution in [0.1, 0.15) is 10.6 Å². The van der Waals surface area contributed by atoms with E-state index in [1.807, 2.05) is 42.5 Å². The normalized spacial score (nSPS) is 10.7. The summed E-state index contributed by atoms with van der Waals surface area (Å²) in [6.07, 6.45) is 0.679. The Bertz CT molecular complexity index is 714. The number of rotatable bonds is 2. The molecule has 0 spiro atoms. The maximum atomic E-state index is 10.7. The molecule has 2 aromatic carbocycles. The van der Waals surface area contributed by atoms with Crippen LogP contribution in [0, 0.1) is 0 Å². The van der Waals surface area contributed by atoms with E-state index in [9.17, 15) is 4.79 Å². The molecule has 0 saturated heterocycles. The van der Waals surface area contributed by atoms with Crippen molar-refractivity contribution in [1.29, 1.82) is 0 Å². The molecule has 0 radical (unpaired) electrons. The highest BCUT2D eigenvalue weighted by Crippen LogP contribution is 2.32. The topological polar surface area (TPSA) is 30.2 Å². The van der Waals surface area contributed by atoms with Crippen molar-refractivity contribution in [3.63, 3.8) is 0 Å². The zero-order valence-corrected chi connectivity index (χ0v) is 10.1. The first-order valence-electron chi connectivity index (χ1n) is 5.51. The van der Waals surface area contributed by atoms with Crippen molar-refractivity contribution in [2.24, 2.45) is 0 Å². The van der Waals surface area contributed by atoms with E-state index in [4.69, 9.17) is 16.0 Å². The van der Waals surface area contributed by atoms with Crippen LogP contribution in [-0.4, -0.2) is 6.29 Å². The number of halogens is 1. The van der Waals surface area contributed by atoms with Crippen LogP contribution in [0.15, 0.2) is 52.9 Å². The summed E-state index contributed by atoms with van der Waals surface area (Å²) in [6.45, 7) is 0. The van der Waals surface area contributed by atoms with E-state index >= 15 is 0 Å². The third-order valence-corrected chi connectivity index (χ3v) is 3.09. The number of furan rings is 1. The smallest absolute Gasteiger partial charge is 0.185 e. The molecule has 0 saturated carbocycles. The standard InChI is InChI=1S/C15H9ClO2/c16-14-8-11(10-4-2-1-3-5-10)6-12-7-13(9-17)18-15(12)14/h1-9H. The molecule has 0 aliphatic heterocycles. The fourth-order valence-corrected chi connectivity index (χ4v) is 2.25. The van der Waals surface area contributed by atoms with Gasteiger partial charge in [0.15, 0.2) is 17.6 Å². The molecule has 2 nitrogen and oxygen atoms in total. The maximum absolute atomic E-state index is 10.7. The summed E-state index contributed by atoms with van der Waals surface area (Å²) < 4.78 is 5.34. The molecule has 3 heteroatoms. The van der Waals surface area contributed by atoms with Crippen molar-refractivity contribution in [2.45, 2.75) is 0 Å². The van der Waals surface area contributed by atoms with E-state index < -0.39 is 0 Å². The molecule has 0 atom stereocenters. The van der Waals surface area contributed by atoms with Gasteiger partial charge in [0, 0.05) is 5.39 Å². The van der Waals surface area contributed by atoms with Gasteiger partial charge in [0.05, 0.1) is 5.02 Å². The summed E-state index contributed by atoms with van der Waals surface area (Å²) in [5.41, 5.74) is 2.64. The minimum atomic E-state index is 0.289. The van der Waals surface area contributed by atoms with Crippen LogP contribution < -0.4 is 0 Å². The average Bonchev–Trinajstić information content (AvgIpc) is 2.83. The van der Waals surface area contributed by atoms with Gasteiger partial charge in [-0.15, -0.1) is 0 Å². The largest absolute Gasteiger partial charge is 0.452 e. The molecule has 18 heavy (non-hydrogen) atoms. The molecule has 0 bridgehead atoms. The van der Waals surface area contributed by atoms with Crippen molar-refractivity contribution in [3.05, 3.63) is 59.3 Å². The van der Waals surface area contributed by atoms with Gasteiger partial charge in [-0.1, -0.05) is 41.9 Å². The lowest BCUT2D eigenvalue weighted by Gasteiger charge is -2.02. The minimum absolute atomic E-state index is 0.289. The van der Waals surface area contributed by atoms with Gasteiger partial charge in [0.1, 0.15) is 0 Å². The van der Waals surface area contributed by atoms with Crippen LogP contribution in [0.4, 0.5) is 0 Å². The zero-order valence-electron chi connectivity index (χ0n) is 9.39. The number of carbonyl (C=O) groups is 1. The molecule has 88 valence electrons. The highest BCUT2D eigenvalue weighted by molar-refractivity contribution is 6.35. The van der Waals surface area contributed by atoms with Crippen LogP contribution in [0.2, 0.25) is 5.02 Å². The summed E-state index contributed by atoms with van der Waals surface area (Å²) >= 11 is 6.17. The molecule has 0 aliphatic carbocycles. The number of hydrogen-bond donors (Lipinski definition) is 0. The van der Waals surface area contributed by atoms with E-state index in [0.29, 0.717) is 16.9 Å². The Hall–Kier alpha value is -2.06. The summed E-state index contributed by atoms with van der Waals surface area (Å²) in [7, 11) is 0. The summed E-state index contributed by atoms with van der Waals surface area (Å²) in [5.74, 6) is 0.289. The summed E-state index contributed by atoms with van der Waals surface area (Å²) in [4.78, 5) is 10.7. The molecule has 1 aromatic heterocycles. The lowest BCUT2D eigenvalue weighted by atomic mass is 10.0. The molecule has 0 fully saturated rings. The Kier molecular flexibility index (Phi) is 2.65. The number of hydrogen-bond acceptors (Lipinski definition) is 2. The van der Waals surface area contributed by atoms with E-state index in [0.717, 1.165) is 16.5 Å². The molecular formula is C15H9ClO2. The molecule has 1 heterocycles. The predicted octanol–water partition coefficient (Wildman–Crippen LogP) is 4.57. The summed E-state index contributed by atoms with van der Waals surface area (Å²) in [5, 5.41) is 1.35. The van der Waals surface area contributed by atoms with E-state index in [2.05, 4.69) is 0 Å². The van der Waals surface area contributed by atoms with Crippen molar-refractivity contribution in [2.75, 3.05) is 0 Å². The summed E-state index contributed by atoms with van der Waals surface area (Å²) in [6, 6.07) is 15.4. The fraction of sp³-hybridized carbons (Fsp3) is 0. The SMILES string of the molecule is O=Cc1cc2cc(-c3ccccc3)cc(Cl)c2o1.